The minimum atomic E-state index is -2.23. The predicted molar refractivity (Wildman–Crippen MR) is 125 cm³/mol. The number of aromatic nitrogens is 4. The lowest BCUT2D eigenvalue weighted by Crippen LogP contribution is -2.45. The van der Waals surface area contributed by atoms with Gasteiger partial charge in [0.25, 0.3) is 5.56 Å². The van der Waals surface area contributed by atoms with Crippen LogP contribution in [0.4, 0.5) is 5.95 Å². The van der Waals surface area contributed by atoms with Gasteiger partial charge in [0.05, 0.1) is 6.33 Å². The molecule has 1 saturated heterocycles. The fourth-order valence-corrected chi connectivity index (χ4v) is 5.11. The molecule has 184 valence electrons. The van der Waals surface area contributed by atoms with Crippen molar-refractivity contribution in [1.82, 2.24) is 19.5 Å². The lowest BCUT2D eigenvalue weighted by molar-refractivity contribution is -0.118. The van der Waals surface area contributed by atoms with E-state index in [1.165, 1.54) is 10.9 Å². The number of nitrogens with one attached hydrogen (secondary N) is 2. The summed E-state index contributed by atoms with van der Waals surface area (Å²) in [4.78, 5) is 38.4. The van der Waals surface area contributed by atoms with Crippen LogP contribution in [0.3, 0.4) is 0 Å². The summed E-state index contributed by atoms with van der Waals surface area (Å²) in [5.41, 5.74) is 7.29. The van der Waals surface area contributed by atoms with Gasteiger partial charge >= 0.3 is 0 Å². The molecular formula is C20H30N8O5Si. The van der Waals surface area contributed by atoms with Crippen LogP contribution in [-0.2, 0) is 14.0 Å². The second-order valence-corrected chi connectivity index (χ2v) is 15.4. The molecule has 2 fully saturated rings. The molecule has 2 aromatic rings. The van der Waals surface area contributed by atoms with Crippen molar-refractivity contribution in [3.05, 3.63) is 27.1 Å². The molecule has 3 heterocycles. The van der Waals surface area contributed by atoms with E-state index in [-0.39, 0.29) is 34.0 Å². The highest BCUT2D eigenvalue weighted by molar-refractivity contribution is 6.74. The number of ether oxygens (including phenoxy) is 1. The van der Waals surface area contributed by atoms with Crippen molar-refractivity contribution in [3.8, 4) is 0 Å². The summed E-state index contributed by atoms with van der Waals surface area (Å²) in [5.74, 6) is -0.685. The van der Waals surface area contributed by atoms with E-state index >= 15 is 0 Å². The zero-order chi connectivity index (χ0) is 25.2. The number of aromatic amines is 1. The molecule has 5 atom stereocenters. The first-order chi connectivity index (χ1) is 15.7. The van der Waals surface area contributed by atoms with Gasteiger partial charge in [0.2, 0.25) is 11.9 Å². The van der Waals surface area contributed by atoms with E-state index in [9.17, 15) is 20.2 Å². The van der Waals surface area contributed by atoms with Crippen LogP contribution in [-0.4, -0.2) is 62.7 Å². The van der Waals surface area contributed by atoms with Crippen molar-refractivity contribution in [2.45, 2.75) is 82.8 Å². The first-order valence-electron chi connectivity index (χ1n) is 11.1. The topological polar surface area (TPSA) is 180 Å². The summed E-state index contributed by atoms with van der Waals surface area (Å²) >= 11 is 0. The largest absolute Gasteiger partial charge is 0.408 e. The van der Waals surface area contributed by atoms with Crippen LogP contribution in [0.5, 0.6) is 0 Å². The van der Waals surface area contributed by atoms with Crippen LogP contribution in [0.1, 0.15) is 40.8 Å². The van der Waals surface area contributed by atoms with Crippen LogP contribution in [0.25, 0.3) is 21.6 Å². The van der Waals surface area contributed by atoms with E-state index in [2.05, 4.69) is 64.2 Å². The highest BCUT2D eigenvalue weighted by atomic mass is 28.4. The summed E-state index contributed by atoms with van der Waals surface area (Å²) in [7, 11) is -2.23. The Kier molecular flexibility index (Phi) is 5.65. The number of hydrogen-bond acceptors (Lipinski definition) is 8. The molecule has 4 rings (SSSR count). The Balaban J connectivity index is 1.68. The number of anilines is 1. The highest BCUT2D eigenvalue weighted by Gasteiger charge is 2.78. The summed E-state index contributed by atoms with van der Waals surface area (Å²) in [6, 6.07) is -1.04. The van der Waals surface area contributed by atoms with E-state index in [1.807, 2.05) is 0 Å². The highest BCUT2D eigenvalue weighted by Crippen LogP contribution is 2.58. The van der Waals surface area contributed by atoms with Gasteiger partial charge in [-0.15, -0.1) is 0 Å². The van der Waals surface area contributed by atoms with Crippen LogP contribution in [0.15, 0.2) is 16.2 Å². The van der Waals surface area contributed by atoms with Crippen LogP contribution in [0, 0.1) is 5.92 Å². The van der Waals surface area contributed by atoms with Gasteiger partial charge in [-0.2, -0.15) is 4.98 Å². The molecule has 0 radical (unpaired) electrons. The quantitative estimate of drug-likeness (QED) is 0.240. The molecule has 14 heteroatoms. The maximum absolute atomic E-state index is 12.5. The number of azide groups is 1. The number of rotatable bonds is 6. The average Bonchev–Trinajstić information content (AvgIpc) is 3.02. The number of aliphatic hydroxyl groups is 1. The summed E-state index contributed by atoms with van der Waals surface area (Å²) in [5, 5.41) is 17.7. The number of amides is 1. The lowest BCUT2D eigenvalue weighted by Gasteiger charge is -2.37. The Hall–Kier alpha value is -2.77. The lowest BCUT2D eigenvalue weighted by atomic mass is 10.1. The van der Waals surface area contributed by atoms with E-state index in [4.69, 9.17) is 9.16 Å². The van der Waals surface area contributed by atoms with Crippen LogP contribution in [0.2, 0.25) is 18.1 Å². The molecule has 3 N–H and O–H groups in total. The van der Waals surface area contributed by atoms with Crippen molar-refractivity contribution >= 4 is 31.3 Å². The number of carbonyl (C=O) groups is 1. The maximum Gasteiger partial charge on any atom is 0.280 e. The first kappa shape index (κ1) is 24.4. The fraction of sp³-hybridized carbons (Fsp3) is 0.700. The number of carbonyl (C=O) groups excluding carboxylic acids is 1. The van der Waals surface area contributed by atoms with Crippen molar-refractivity contribution in [2.24, 2.45) is 11.0 Å². The molecular weight excluding hydrogens is 460 g/mol. The van der Waals surface area contributed by atoms with Gasteiger partial charge in [-0.1, -0.05) is 39.7 Å². The monoisotopic (exact) mass is 490 g/mol. The van der Waals surface area contributed by atoms with Crippen molar-refractivity contribution in [1.29, 1.82) is 0 Å². The summed E-state index contributed by atoms with van der Waals surface area (Å²) in [6.45, 7) is 13.8. The maximum atomic E-state index is 12.5. The first-order valence-corrected chi connectivity index (χ1v) is 14.0. The second kappa shape index (κ2) is 7.88. The molecule has 13 nitrogen and oxygen atoms in total. The van der Waals surface area contributed by atoms with Crippen molar-refractivity contribution in [3.63, 3.8) is 0 Å². The van der Waals surface area contributed by atoms with Crippen molar-refractivity contribution in [2.75, 3.05) is 5.32 Å². The molecule has 2 unspecified atom stereocenters. The number of nitrogens with zero attached hydrogens (tertiary/aromatic N) is 6. The number of imidazole rings is 1. The molecule has 1 amide bonds. The third kappa shape index (κ3) is 3.71. The predicted octanol–water partition coefficient (Wildman–Crippen LogP) is 2.43. The minimum absolute atomic E-state index is 0.0208. The SMILES string of the molecule is CC(C)C(=O)Nc1nc2c(ncn2[C@@H]2O[C@@H]3C(O[Si](C)(C)C(C)(C)C)[C@@]3(O)C2N=[N+]=[N-])c(=O)[nH]1. The third-order valence-corrected chi connectivity index (χ3v) is 11.4. The van der Waals surface area contributed by atoms with Gasteiger partial charge in [0.15, 0.2) is 19.5 Å². The standard InChI is InChI=1S/C20H30N8O5Si/c1-9(2)15(29)24-18-23-14-10(16(30)25-18)22-8-28(14)17-11(26-27-21)20(31)12(32-17)13(20)33-34(6,7)19(3,4)5/h8-9,11-13,17,31H,1-7H3,(H2,23,24,25,29,30)/t11?,12-,13?,17-,20-/m1/s1. The zero-order valence-corrected chi connectivity index (χ0v) is 21.2. The third-order valence-electron chi connectivity index (χ3n) is 6.98. The zero-order valence-electron chi connectivity index (χ0n) is 20.2. The molecule has 34 heavy (non-hydrogen) atoms. The van der Waals surface area contributed by atoms with Crippen molar-refractivity contribution < 1.29 is 19.1 Å². The van der Waals surface area contributed by atoms with Crippen LogP contribution < -0.4 is 10.9 Å². The molecule has 1 aliphatic carbocycles. The number of hydrogen-bond donors (Lipinski definition) is 3. The Labute approximate surface area is 196 Å². The Morgan fingerprint density at radius 1 is 1.47 bits per heavy atom. The average molecular weight is 491 g/mol. The van der Waals surface area contributed by atoms with E-state index in [0.717, 1.165) is 0 Å². The van der Waals surface area contributed by atoms with Gasteiger partial charge < -0.3 is 14.3 Å². The fourth-order valence-electron chi connectivity index (χ4n) is 3.81. The molecule has 0 aromatic carbocycles. The normalized spacial score (nSPS) is 28.6. The Bertz CT molecular complexity index is 1240. The van der Waals surface area contributed by atoms with Gasteiger partial charge in [0, 0.05) is 10.8 Å². The Morgan fingerprint density at radius 3 is 2.74 bits per heavy atom. The summed E-state index contributed by atoms with van der Waals surface area (Å²) < 4.78 is 13.9. The number of fused-ring (bicyclic) bond motifs is 2. The number of H-pyrrole nitrogens is 1. The van der Waals surface area contributed by atoms with Gasteiger partial charge in [0.1, 0.15) is 30.1 Å². The second-order valence-electron chi connectivity index (χ2n) is 10.7. The van der Waals surface area contributed by atoms with E-state index < -0.39 is 44.0 Å². The van der Waals surface area contributed by atoms with Gasteiger partial charge in [-0.3, -0.25) is 24.5 Å². The summed E-state index contributed by atoms with van der Waals surface area (Å²) in [6.07, 6.45) is -0.962. The molecule has 2 aliphatic rings. The van der Waals surface area contributed by atoms with E-state index in [0.29, 0.717) is 0 Å². The van der Waals surface area contributed by atoms with Gasteiger partial charge in [-0.05, 0) is 23.7 Å². The van der Waals surface area contributed by atoms with Crippen LogP contribution >= 0.6 is 0 Å². The molecule has 1 aliphatic heterocycles. The molecule has 1 saturated carbocycles. The Morgan fingerprint density at radius 2 is 2.15 bits per heavy atom. The smallest absolute Gasteiger partial charge is 0.280 e. The van der Waals surface area contributed by atoms with E-state index in [1.54, 1.807) is 13.8 Å². The van der Waals surface area contributed by atoms with Gasteiger partial charge in [-0.25, -0.2) is 4.98 Å². The molecule has 0 bridgehead atoms. The minimum Gasteiger partial charge on any atom is -0.408 e. The molecule has 0 spiro atoms. The molecule has 2 aromatic heterocycles.